The van der Waals surface area contributed by atoms with Crippen LogP contribution < -0.4 is 0 Å². The van der Waals surface area contributed by atoms with E-state index in [4.69, 9.17) is 19.2 Å². The van der Waals surface area contributed by atoms with Gasteiger partial charge in [-0.15, -0.1) is 0 Å². The highest BCUT2D eigenvalue weighted by Gasteiger charge is 2.23. The van der Waals surface area contributed by atoms with Crippen LogP contribution in [0.25, 0.3) is 33.1 Å². The molecule has 1 aromatic carbocycles. The second-order valence-electron chi connectivity index (χ2n) is 9.55. The number of ether oxygens (including phenoxy) is 1. The van der Waals surface area contributed by atoms with Crippen molar-refractivity contribution in [1.82, 2.24) is 24.6 Å². The van der Waals surface area contributed by atoms with Gasteiger partial charge in [-0.05, 0) is 76.9 Å². The number of aromatic nitrogens is 4. The predicted octanol–water partition coefficient (Wildman–Crippen LogP) is 5.95. The number of pyridine rings is 1. The number of alkyl halides is 2. The first-order valence-electron chi connectivity index (χ1n) is 12.2. The lowest BCUT2D eigenvalue weighted by Crippen LogP contribution is -2.31. The summed E-state index contributed by atoms with van der Waals surface area (Å²) in [4.78, 5) is 12.0. The Morgan fingerprint density at radius 2 is 1.86 bits per heavy atom. The van der Waals surface area contributed by atoms with Gasteiger partial charge in [0.1, 0.15) is 17.1 Å². The molecule has 3 aromatic heterocycles. The molecule has 7 nitrogen and oxygen atoms in total. The Morgan fingerprint density at radius 1 is 1.09 bits per heavy atom. The van der Waals surface area contributed by atoms with Crippen molar-refractivity contribution in [2.45, 2.75) is 66.2 Å². The molecule has 0 bridgehead atoms. The fraction of sp³-hybridized carbons (Fsp3) is 0.500. The van der Waals surface area contributed by atoms with Crippen molar-refractivity contribution in [3.63, 3.8) is 0 Å². The maximum atomic E-state index is 12.9. The van der Waals surface area contributed by atoms with Gasteiger partial charge in [-0.1, -0.05) is 11.6 Å². The topological polar surface area (TPSA) is 69.2 Å². The molecular weight excluding hydrogens is 452 g/mol. The first-order chi connectivity index (χ1) is 16.8. The molecule has 0 spiro atoms. The Morgan fingerprint density at radius 3 is 2.54 bits per heavy atom. The zero-order valence-corrected chi connectivity index (χ0v) is 20.6. The Hall–Kier alpha value is -2.91. The third-order valence-electron chi connectivity index (χ3n) is 6.96. The number of nitrogens with zero attached hydrogens (tertiary/aromatic N) is 5. The van der Waals surface area contributed by atoms with Crippen LogP contribution in [0.15, 0.2) is 22.9 Å². The van der Waals surface area contributed by atoms with E-state index in [0.29, 0.717) is 6.54 Å². The smallest absolute Gasteiger partial charge is 0.345 e. The van der Waals surface area contributed by atoms with Crippen molar-refractivity contribution in [1.29, 1.82) is 0 Å². The molecule has 186 valence electrons. The molecule has 35 heavy (non-hydrogen) atoms. The van der Waals surface area contributed by atoms with Crippen molar-refractivity contribution < 1.29 is 18.0 Å². The Balaban J connectivity index is 1.67. The monoisotopic (exact) mass is 483 g/mol. The largest absolute Gasteiger partial charge is 0.361 e. The van der Waals surface area contributed by atoms with Gasteiger partial charge < -0.3 is 13.8 Å². The van der Waals surface area contributed by atoms with E-state index in [1.165, 1.54) is 19.3 Å². The summed E-state index contributed by atoms with van der Waals surface area (Å²) in [5, 5.41) is 5.05. The van der Waals surface area contributed by atoms with Gasteiger partial charge in [-0.3, -0.25) is 9.88 Å². The van der Waals surface area contributed by atoms with Gasteiger partial charge in [-0.25, -0.2) is 4.98 Å². The minimum absolute atomic E-state index is 0.101. The highest BCUT2D eigenvalue weighted by atomic mass is 19.3. The van der Waals surface area contributed by atoms with Crippen molar-refractivity contribution in [2.24, 2.45) is 0 Å². The molecule has 0 saturated carbocycles. The lowest BCUT2D eigenvalue weighted by atomic mass is 9.96. The predicted molar refractivity (Wildman–Crippen MR) is 131 cm³/mol. The fourth-order valence-electron chi connectivity index (χ4n) is 5.31. The van der Waals surface area contributed by atoms with E-state index in [1.807, 2.05) is 20.8 Å². The summed E-state index contributed by atoms with van der Waals surface area (Å²) >= 11 is 0. The van der Waals surface area contributed by atoms with Gasteiger partial charge in [0.05, 0.1) is 42.1 Å². The number of imidazole rings is 1. The Kier molecular flexibility index (Phi) is 6.55. The number of piperidine rings is 1. The molecular formula is C26H31F2N5O2. The molecule has 1 atom stereocenters. The molecule has 5 rings (SSSR count). The average Bonchev–Trinajstić information content (AvgIpc) is 3.37. The lowest BCUT2D eigenvalue weighted by Gasteiger charge is -2.27. The number of rotatable bonds is 7. The van der Waals surface area contributed by atoms with Crippen LogP contribution in [0.3, 0.4) is 0 Å². The second kappa shape index (κ2) is 9.62. The normalized spacial score (nSPS) is 16.1. The van der Waals surface area contributed by atoms with Gasteiger partial charge in [-0.2, -0.15) is 8.78 Å². The molecule has 0 radical (unpaired) electrons. The van der Waals surface area contributed by atoms with Crippen molar-refractivity contribution in [3.8, 4) is 11.1 Å². The van der Waals surface area contributed by atoms with E-state index in [9.17, 15) is 8.78 Å². The van der Waals surface area contributed by atoms with E-state index in [1.54, 1.807) is 6.20 Å². The standard InChI is InChI=1S/C26H31F2N5O2/c1-15-10-20-21(11-19(15)24-17(3)31-35-18(24)4)29-12-22-25(20)33(16(2)14-34-26(27)28)23(30-22)13-32-8-6-5-7-9-32/h10-12,16,26H,5-9,13-14H2,1-4H3/t16-/m0/s1. The zero-order valence-electron chi connectivity index (χ0n) is 20.6. The third kappa shape index (κ3) is 4.54. The molecule has 1 saturated heterocycles. The van der Waals surface area contributed by atoms with Crippen LogP contribution in [0.5, 0.6) is 0 Å². The van der Waals surface area contributed by atoms with E-state index in [0.717, 1.165) is 69.0 Å². The number of aryl methyl sites for hydroxylation is 3. The highest BCUT2D eigenvalue weighted by Crippen LogP contribution is 2.36. The first kappa shape index (κ1) is 23.8. The zero-order chi connectivity index (χ0) is 24.7. The minimum Gasteiger partial charge on any atom is -0.361 e. The maximum absolute atomic E-state index is 12.9. The molecule has 1 fully saturated rings. The van der Waals surface area contributed by atoms with E-state index >= 15 is 0 Å². The average molecular weight is 484 g/mol. The fourth-order valence-corrected chi connectivity index (χ4v) is 5.31. The molecule has 0 N–H and O–H groups in total. The van der Waals surface area contributed by atoms with Gasteiger partial charge in [0.15, 0.2) is 0 Å². The highest BCUT2D eigenvalue weighted by molar-refractivity contribution is 6.04. The molecule has 4 heterocycles. The third-order valence-corrected chi connectivity index (χ3v) is 6.96. The number of benzene rings is 1. The molecule has 1 aliphatic rings. The van der Waals surface area contributed by atoms with Gasteiger partial charge in [0.25, 0.3) is 0 Å². The van der Waals surface area contributed by atoms with Gasteiger partial charge >= 0.3 is 6.61 Å². The first-order valence-corrected chi connectivity index (χ1v) is 12.2. The van der Waals surface area contributed by atoms with Gasteiger partial charge in [0.2, 0.25) is 0 Å². The van der Waals surface area contributed by atoms with Crippen LogP contribution in [0.1, 0.15) is 55.1 Å². The van der Waals surface area contributed by atoms with Crippen molar-refractivity contribution in [2.75, 3.05) is 19.7 Å². The van der Waals surface area contributed by atoms with Crippen molar-refractivity contribution in [3.05, 3.63) is 41.2 Å². The summed E-state index contributed by atoms with van der Waals surface area (Å²) in [7, 11) is 0. The molecule has 0 unspecified atom stereocenters. The molecule has 1 aliphatic heterocycles. The van der Waals surface area contributed by atoms with Crippen LogP contribution in [0.2, 0.25) is 0 Å². The number of halogens is 2. The van der Waals surface area contributed by atoms with Gasteiger partial charge in [0, 0.05) is 10.9 Å². The summed E-state index contributed by atoms with van der Waals surface area (Å²) in [6.07, 6.45) is 5.35. The molecule has 9 heteroatoms. The summed E-state index contributed by atoms with van der Waals surface area (Å²) < 4.78 is 38.0. The number of hydrogen-bond acceptors (Lipinski definition) is 6. The van der Waals surface area contributed by atoms with Crippen LogP contribution in [0.4, 0.5) is 8.78 Å². The van der Waals surface area contributed by atoms with E-state index in [2.05, 4.69) is 33.7 Å². The van der Waals surface area contributed by atoms with E-state index < -0.39 is 6.61 Å². The van der Waals surface area contributed by atoms with Crippen LogP contribution in [-0.2, 0) is 11.3 Å². The molecule has 0 amide bonds. The summed E-state index contributed by atoms with van der Waals surface area (Å²) in [6, 6.07) is 3.84. The van der Waals surface area contributed by atoms with Crippen LogP contribution in [-0.4, -0.2) is 50.9 Å². The quantitative estimate of drug-likeness (QED) is 0.324. The summed E-state index contributed by atoms with van der Waals surface area (Å²) in [6.45, 7) is 7.59. The second-order valence-corrected chi connectivity index (χ2v) is 9.55. The van der Waals surface area contributed by atoms with E-state index in [-0.39, 0.29) is 12.6 Å². The number of likely N-dealkylation sites (tertiary alicyclic amines) is 1. The van der Waals surface area contributed by atoms with Crippen molar-refractivity contribution >= 4 is 21.9 Å². The molecule has 4 aromatic rings. The van der Waals surface area contributed by atoms with Crippen LogP contribution in [0, 0.1) is 20.8 Å². The maximum Gasteiger partial charge on any atom is 0.345 e. The number of hydrogen-bond donors (Lipinski definition) is 0. The minimum atomic E-state index is -2.81. The SMILES string of the molecule is Cc1cc2c(cc1-c1c(C)noc1C)ncc1nc(CN3CCCCC3)n([C@@H](C)COC(F)F)c12. The number of fused-ring (bicyclic) bond motifs is 3. The van der Waals surface area contributed by atoms with Crippen LogP contribution >= 0.6 is 0 Å². The molecule has 0 aliphatic carbocycles. The summed E-state index contributed by atoms with van der Waals surface area (Å²) in [5.41, 5.74) is 6.36. The summed E-state index contributed by atoms with van der Waals surface area (Å²) in [5.74, 6) is 1.62. The Labute approximate surface area is 203 Å². The lowest BCUT2D eigenvalue weighted by molar-refractivity contribution is -0.135. The Bertz CT molecular complexity index is 1340.